The first-order valence-corrected chi connectivity index (χ1v) is 6.49. The molecule has 0 saturated heterocycles. The molecule has 2 aromatic rings. The van der Waals surface area contributed by atoms with Crippen molar-refractivity contribution in [3.63, 3.8) is 0 Å². The minimum atomic E-state index is -0.921. The van der Waals surface area contributed by atoms with Crippen molar-refractivity contribution in [3.05, 3.63) is 65.0 Å². The predicted molar refractivity (Wildman–Crippen MR) is 74.6 cm³/mol. The molecular formula is C16H14FNO2. The second kappa shape index (κ2) is 4.96. The van der Waals surface area contributed by atoms with Crippen LogP contribution in [-0.4, -0.2) is 17.6 Å². The molecule has 1 aliphatic heterocycles. The topological polar surface area (TPSA) is 40.5 Å². The molecule has 0 atom stereocenters. The van der Waals surface area contributed by atoms with Gasteiger partial charge in [0.2, 0.25) is 0 Å². The Morgan fingerprint density at radius 1 is 1.25 bits per heavy atom. The molecule has 20 heavy (non-hydrogen) atoms. The lowest BCUT2D eigenvalue weighted by molar-refractivity contribution is 0.0696. The highest BCUT2D eigenvalue weighted by Gasteiger charge is 2.19. The van der Waals surface area contributed by atoms with Gasteiger partial charge in [0.1, 0.15) is 5.82 Å². The average molecular weight is 271 g/mol. The van der Waals surface area contributed by atoms with Gasteiger partial charge in [-0.3, -0.25) is 0 Å². The summed E-state index contributed by atoms with van der Waals surface area (Å²) in [6.45, 7) is 1.47. The van der Waals surface area contributed by atoms with E-state index in [0.717, 1.165) is 29.8 Å². The van der Waals surface area contributed by atoms with Crippen molar-refractivity contribution >= 4 is 11.7 Å². The highest BCUT2D eigenvalue weighted by atomic mass is 19.1. The molecule has 3 rings (SSSR count). The number of carboxylic acid groups (broad SMARTS) is 1. The van der Waals surface area contributed by atoms with Crippen LogP contribution in [0.15, 0.2) is 42.5 Å². The number of rotatable bonds is 3. The molecule has 1 N–H and O–H groups in total. The number of aromatic carboxylic acids is 1. The zero-order valence-electron chi connectivity index (χ0n) is 10.8. The van der Waals surface area contributed by atoms with E-state index in [1.807, 2.05) is 6.07 Å². The van der Waals surface area contributed by atoms with Crippen molar-refractivity contribution in [3.8, 4) is 0 Å². The predicted octanol–water partition coefficient (Wildman–Crippen LogP) is 3.09. The van der Waals surface area contributed by atoms with Crippen LogP contribution in [0.3, 0.4) is 0 Å². The first kappa shape index (κ1) is 12.7. The maximum absolute atomic E-state index is 13.2. The fourth-order valence-electron chi connectivity index (χ4n) is 2.63. The van der Waals surface area contributed by atoms with E-state index in [4.69, 9.17) is 5.11 Å². The van der Waals surface area contributed by atoms with Crippen molar-refractivity contribution in [2.24, 2.45) is 0 Å². The van der Waals surface area contributed by atoms with Crippen LogP contribution in [0, 0.1) is 5.82 Å². The van der Waals surface area contributed by atoms with Gasteiger partial charge in [-0.25, -0.2) is 9.18 Å². The minimum absolute atomic E-state index is 0.210. The number of anilines is 1. The SMILES string of the molecule is O=C(O)c1cccc(CN2CCc3cc(F)ccc32)c1. The third kappa shape index (κ3) is 2.37. The summed E-state index contributed by atoms with van der Waals surface area (Å²) in [5.74, 6) is -1.13. The number of hydrogen-bond acceptors (Lipinski definition) is 2. The van der Waals surface area contributed by atoms with Crippen LogP contribution in [0.2, 0.25) is 0 Å². The third-order valence-electron chi connectivity index (χ3n) is 3.58. The summed E-state index contributed by atoms with van der Waals surface area (Å²) in [4.78, 5) is 13.1. The van der Waals surface area contributed by atoms with Gasteiger partial charge in [-0.05, 0) is 47.9 Å². The van der Waals surface area contributed by atoms with Crippen LogP contribution in [0.1, 0.15) is 21.5 Å². The van der Waals surface area contributed by atoms with E-state index >= 15 is 0 Å². The molecule has 0 saturated carbocycles. The summed E-state index contributed by atoms with van der Waals surface area (Å²) in [6.07, 6.45) is 0.825. The molecule has 0 bridgehead atoms. The second-order valence-corrected chi connectivity index (χ2v) is 4.95. The van der Waals surface area contributed by atoms with Gasteiger partial charge in [0, 0.05) is 18.8 Å². The van der Waals surface area contributed by atoms with Crippen molar-refractivity contribution in [1.82, 2.24) is 0 Å². The van der Waals surface area contributed by atoms with E-state index in [2.05, 4.69) is 4.90 Å². The molecule has 3 nitrogen and oxygen atoms in total. The molecule has 1 aliphatic rings. The Bertz CT molecular complexity index is 669. The van der Waals surface area contributed by atoms with Gasteiger partial charge in [-0.15, -0.1) is 0 Å². The van der Waals surface area contributed by atoms with Gasteiger partial charge in [-0.2, -0.15) is 0 Å². The molecule has 0 unspecified atom stereocenters. The fourth-order valence-corrected chi connectivity index (χ4v) is 2.63. The minimum Gasteiger partial charge on any atom is -0.478 e. The summed E-state index contributed by atoms with van der Waals surface area (Å²) < 4.78 is 13.2. The second-order valence-electron chi connectivity index (χ2n) is 4.95. The number of fused-ring (bicyclic) bond motifs is 1. The number of hydrogen-bond donors (Lipinski definition) is 1. The number of nitrogens with zero attached hydrogens (tertiary/aromatic N) is 1. The zero-order chi connectivity index (χ0) is 14.1. The molecule has 0 amide bonds. The molecule has 0 fully saturated rings. The first-order chi connectivity index (χ1) is 9.63. The van der Waals surface area contributed by atoms with Crippen LogP contribution in [0.5, 0.6) is 0 Å². The Balaban J connectivity index is 1.84. The summed E-state index contributed by atoms with van der Waals surface area (Å²) in [6, 6.07) is 11.8. The fraction of sp³-hybridized carbons (Fsp3) is 0.188. The summed E-state index contributed by atoms with van der Waals surface area (Å²) in [7, 11) is 0. The Labute approximate surface area is 116 Å². The molecule has 0 radical (unpaired) electrons. The van der Waals surface area contributed by atoms with E-state index in [1.54, 1.807) is 30.3 Å². The lowest BCUT2D eigenvalue weighted by Gasteiger charge is -2.19. The van der Waals surface area contributed by atoms with Crippen LogP contribution in [0.4, 0.5) is 10.1 Å². The van der Waals surface area contributed by atoms with E-state index < -0.39 is 5.97 Å². The van der Waals surface area contributed by atoms with Gasteiger partial charge < -0.3 is 10.0 Å². The Morgan fingerprint density at radius 2 is 2.10 bits per heavy atom. The van der Waals surface area contributed by atoms with Gasteiger partial charge in [-0.1, -0.05) is 12.1 Å². The number of benzene rings is 2. The molecule has 2 aromatic carbocycles. The van der Waals surface area contributed by atoms with Gasteiger partial charge in [0.25, 0.3) is 0 Å². The smallest absolute Gasteiger partial charge is 0.335 e. The molecule has 0 aromatic heterocycles. The number of carboxylic acids is 1. The largest absolute Gasteiger partial charge is 0.478 e. The molecule has 102 valence electrons. The van der Waals surface area contributed by atoms with Crippen molar-refractivity contribution in [1.29, 1.82) is 0 Å². The van der Waals surface area contributed by atoms with Crippen molar-refractivity contribution in [2.45, 2.75) is 13.0 Å². The normalized spacial score (nSPS) is 13.3. The monoisotopic (exact) mass is 271 g/mol. The lowest BCUT2D eigenvalue weighted by atomic mass is 10.1. The number of halogens is 1. The third-order valence-corrected chi connectivity index (χ3v) is 3.58. The molecule has 0 aliphatic carbocycles. The Kier molecular flexibility index (Phi) is 3.14. The van der Waals surface area contributed by atoms with Crippen molar-refractivity contribution in [2.75, 3.05) is 11.4 Å². The van der Waals surface area contributed by atoms with E-state index in [9.17, 15) is 9.18 Å². The maximum Gasteiger partial charge on any atom is 0.335 e. The standard InChI is InChI=1S/C16H14FNO2/c17-14-4-5-15-12(9-14)6-7-18(15)10-11-2-1-3-13(8-11)16(19)20/h1-5,8-9H,6-7,10H2,(H,19,20). The molecular weight excluding hydrogens is 257 g/mol. The zero-order valence-corrected chi connectivity index (χ0v) is 10.8. The quantitative estimate of drug-likeness (QED) is 0.932. The van der Waals surface area contributed by atoms with Crippen LogP contribution in [-0.2, 0) is 13.0 Å². The van der Waals surface area contributed by atoms with Crippen molar-refractivity contribution < 1.29 is 14.3 Å². The van der Waals surface area contributed by atoms with E-state index in [1.165, 1.54) is 6.07 Å². The highest BCUT2D eigenvalue weighted by molar-refractivity contribution is 5.87. The first-order valence-electron chi connectivity index (χ1n) is 6.49. The van der Waals surface area contributed by atoms with Gasteiger partial charge in [0.15, 0.2) is 0 Å². The van der Waals surface area contributed by atoms with Crippen LogP contribution >= 0.6 is 0 Å². The summed E-state index contributed by atoms with van der Waals surface area (Å²) in [5, 5.41) is 9.00. The van der Waals surface area contributed by atoms with Gasteiger partial charge >= 0.3 is 5.97 Å². The average Bonchev–Trinajstić information content (AvgIpc) is 2.81. The van der Waals surface area contributed by atoms with E-state index in [-0.39, 0.29) is 5.82 Å². The lowest BCUT2D eigenvalue weighted by Crippen LogP contribution is -2.19. The molecule has 4 heteroatoms. The Hall–Kier alpha value is -2.36. The molecule has 1 heterocycles. The Morgan fingerprint density at radius 3 is 2.90 bits per heavy atom. The van der Waals surface area contributed by atoms with Crippen LogP contribution < -0.4 is 4.90 Å². The number of carbonyl (C=O) groups is 1. The highest BCUT2D eigenvalue weighted by Crippen LogP contribution is 2.29. The van der Waals surface area contributed by atoms with Crippen LogP contribution in [0.25, 0.3) is 0 Å². The molecule has 0 spiro atoms. The van der Waals surface area contributed by atoms with E-state index in [0.29, 0.717) is 12.1 Å². The summed E-state index contributed by atoms with van der Waals surface area (Å²) >= 11 is 0. The summed E-state index contributed by atoms with van der Waals surface area (Å²) in [5.41, 5.74) is 3.29. The maximum atomic E-state index is 13.2. The van der Waals surface area contributed by atoms with Gasteiger partial charge in [0.05, 0.1) is 5.56 Å².